The number of para-hydroxylation sites is 1. The number of morpholine rings is 1. The fourth-order valence-corrected chi connectivity index (χ4v) is 3.05. The molecule has 0 spiro atoms. The average Bonchev–Trinajstić information content (AvgIpc) is 2.98. The minimum absolute atomic E-state index is 0.0181. The minimum Gasteiger partial charge on any atom is -0.379 e. The fraction of sp³-hybridized carbons (Fsp3) is 0.529. The van der Waals surface area contributed by atoms with Crippen molar-refractivity contribution in [2.24, 2.45) is 5.92 Å². The van der Waals surface area contributed by atoms with Gasteiger partial charge < -0.3 is 15.0 Å². The summed E-state index contributed by atoms with van der Waals surface area (Å²) in [4.78, 5) is 28.4. The molecule has 1 aromatic rings. The Balaban J connectivity index is 1.46. The smallest absolute Gasteiger partial charge is 0.227 e. The maximum atomic E-state index is 12.3. The van der Waals surface area contributed by atoms with Gasteiger partial charge in [0.15, 0.2) is 0 Å². The molecule has 0 radical (unpaired) electrons. The SMILES string of the molecule is O=C(NCCN1CCOCC1)[C@@H]1CC(=O)N(c2ccccc2)C1. The maximum Gasteiger partial charge on any atom is 0.227 e. The number of benzene rings is 1. The van der Waals surface area contributed by atoms with E-state index in [4.69, 9.17) is 4.74 Å². The molecule has 1 N–H and O–H groups in total. The van der Waals surface area contributed by atoms with Gasteiger partial charge in [0.1, 0.15) is 0 Å². The summed E-state index contributed by atoms with van der Waals surface area (Å²) < 4.78 is 5.30. The number of rotatable bonds is 5. The van der Waals surface area contributed by atoms with Crippen molar-refractivity contribution in [2.75, 3.05) is 50.8 Å². The van der Waals surface area contributed by atoms with E-state index in [1.54, 1.807) is 4.90 Å². The fourth-order valence-electron chi connectivity index (χ4n) is 3.05. The van der Waals surface area contributed by atoms with Crippen molar-refractivity contribution in [1.82, 2.24) is 10.2 Å². The number of nitrogens with zero attached hydrogens (tertiary/aromatic N) is 2. The molecular formula is C17H23N3O3. The van der Waals surface area contributed by atoms with E-state index in [2.05, 4.69) is 10.2 Å². The highest BCUT2D eigenvalue weighted by Crippen LogP contribution is 2.24. The van der Waals surface area contributed by atoms with E-state index in [1.807, 2.05) is 30.3 Å². The van der Waals surface area contributed by atoms with Crippen LogP contribution in [0.3, 0.4) is 0 Å². The summed E-state index contributed by atoms with van der Waals surface area (Å²) in [7, 11) is 0. The third-order valence-corrected chi connectivity index (χ3v) is 4.39. The van der Waals surface area contributed by atoms with Gasteiger partial charge in [-0.2, -0.15) is 0 Å². The number of hydrogen-bond acceptors (Lipinski definition) is 4. The first kappa shape index (κ1) is 16.0. The van der Waals surface area contributed by atoms with Gasteiger partial charge in [-0.15, -0.1) is 0 Å². The Labute approximate surface area is 136 Å². The molecule has 2 heterocycles. The predicted molar refractivity (Wildman–Crippen MR) is 87.2 cm³/mol. The van der Waals surface area contributed by atoms with Crippen LogP contribution in [0.5, 0.6) is 0 Å². The zero-order valence-corrected chi connectivity index (χ0v) is 13.2. The summed E-state index contributed by atoms with van der Waals surface area (Å²) in [6.45, 7) is 5.27. The lowest BCUT2D eigenvalue weighted by Crippen LogP contribution is -2.42. The van der Waals surface area contributed by atoms with Gasteiger partial charge in [0.05, 0.1) is 19.1 Å². The average molecular weight is 317 g/mol. The second-order valence-electron chi connectivity index (χ2n) is 5.99. The maximum absolute atomic E-state index is 12.3. The molecule has 23 heavy (non-hydrogen) atoms. The van der Waals surface area contributed by atoms with Crippen LogP contribution in [-0.2, 0) is 14.3 Å². The molecule has 2 saturated heterocycles. The van der Waals surface area contributed by atoms with Crippen LogP contribution in [-0.4, -0.2) is 62.7 Å². The molecule has 6 nitrogen and oxygen atoms in total. The molecule has 2 fully saturated rings. The Morgan fingerprint density at radius 2 is 1.96 bits per heavy atom. The van der Waals surface area contributed by atoms with Crippen LogP contribution in [0.2, 0.25) is 0 Å². The van der Waals surface area contributed by atoms with Crippen molar-refractivity contribution in [2.45, 2.75) is 6.42 Å². The number of carbonyl (C=O) groups excluding carboxylic acids is 2. The van der Waals surface area contributed by atoms with Crippen LogP contribution in [0.1, 0.15) is 6.42 Å². The first-order valence-electron chi connectivity index (χ1n) is 8.17. The van der Waals surface area contributed by atoms with E-state index in [-0.39, 0.29) is 24.2 Å². The van der Waals surface area contributed by atoms with Gasteiger partial charge in [-0.25, -0.2) is 0 Å². The van der Waals surface area contributed by atoms with Crippen molar-refractivity contribution >= 4 is 17.5 Å². The molecule has 6 heteroatoms. The van der Waals surface area contributed by atoms with Gasteiger partial charge in [0.2, 0.25) is 11.8 Å². The first-order chi connectivity index (χ1) is 11.2. The molecule has 1 aromatic carbocycles. The van der Waals surface area contributed by atoms with Crippen LogP contribution in [0.4, 0.5) is 5.69 Å². The molecule has 0 saturated carbocycles. The Morgan fingerprint density at radius 1 is 1.22 bits per heavy atom. The summed E-state index contributed by atoms with van der Waals surface area (Å²) in [6.07, 6.45) is 0.290. The third kappa shape index (κ3) is 4.09. The number of nitrogens with one attached hydrogen (secondary N) is 1. The van der Waals surface area contributed by atoms with Crippen LogP contribution >= 0.6 is 0 Å². The largest absolute Gasteiger partial charge is 0.379 e. The number of hydrogen-bond donors (Lipinski definition) is 1. The van der Waals surface area contributed by atoms with Crippen LogP contribution in [0.25, 0.3) is 0 Å². The van der Waals surface area contributed by atoms with Gasteiger partial charge in [-0.1, -0.05) is 18.2 Å². The topological polar surface area (TPSA) is 61.9 Å². The van der Waals surface area contributed by atoms with Crippen molar-refractivity contribution in [3.63, 3.8) is 0 Å². The molecule has 3 rings (SSSR count). The van der Waals surface area contributed by atoms with Crippen LogP contribution in [0.15, 0.2) is 30.3 Å². The molecule has 0 aliphatic carbocycles. The standard InChI is InChI=1S/C17H23N3O3/c21-16-12-14(13-20(16)15-4-2-1-3-5-15)17(22)18-6-7-19-8-10-23-11-9-19/h1-5,14H,6-13H2,(H,18,22)/t14-/m1/s1. The Morgan fingerprint density at radius 3 is 2.70 bits per heavy atom. The van der Waals surface area contributed by atoms with Crippen molar-refractivity contribution in [3.8, 4) is 0 Å². The zero-order valence-electron chi connectivity index (χ0n) is 13.2. The number of carbonyl (C=O) groups is 2. The highest BCUT2D eigenvalue weighted by Gasteiger charge is 2.34. The van der Waals surface area contributed by atoms with E-state index in [0.29, 0.717) is 13.1 Å². The molecule has 2 aliphatic heterocycles. The lowest BCUT2D eigenvalue weighted by Gasteiger charge is -2.26. The van der Waals surface area contributed by atoms with Crippen LogP contribution in [0, 0.1) is 5.92 Å². The lowest BCUT2D eigenvalue weighted by atomic mass is 10.1. The minimum atomic E-state index is -0.257. The summed E-state index contributed by atoms with van der Waals surface area (Å²) >= 11 is 0. The number of ether oxygens (including phenoxy) is 1. The zero-order chi connectivity index (χ0) is 16.1. The third-order valence-electron chi connectivity index (χ3n) is 4.39. The highest BCUT2D eigenvalue weighted by atomic mass is 16.5. The van der Waals surface area contributed by atoms with E-state index in [0.717, 1.165) is 38.5 Å². The molecule has 2 aliphatic rings. The lowest BCUT2D eigenvalue weighted by molar-refractivity contribution is -0.126. The van der Waals surface area contributed by atoms with Gasteiger partial charge in [-0.3, -0.25) is 14.5 Å². The van der Waals surface area contributed by atoms with E-state index >= 15 is 0 Å². The molecule has 124 valence electrons. The van der Waals surface area contributed by atoms with Gasteiger partial charge in [0.25, 0.3) is 0 Å². The van der Waals surface area contributed by atoms with E-state index in [9.17, 15) is 9.59 Å². The number of amides is 2. The summed E-state index contributed by atoms with van der Waals surface area (Å²) in [6, 6.07) is 9.52. The van der Waals surface area contributed by atoms with E-state index in [1.165, 1.54) is 0 Å². The molecular weight excluding hydrogens is 294 g/mol. The molecule has 1 atom stereocenters. The van der Waals surface area contributed by atoms with Crippen LogP contribution < -0.4 is 10.2 Å². The second-order valence-corrected chi connectivity index (χ2v) is 5.99. The molecule has 2 amide bonds. The quantitative estimate of drug-likeness (QED) is 0.858. The first-order valence-corrected chi connectivity index (χ1v) is 8.17. The van der Waals surface area contributed by atoms with Gasteiger partial charge in [-0.05, 0) is 12.1 Å². The Bertz CT molecular complexity index is 543. The summed E-state index contributed by atoms with van der Waals surface area (Å²) in [5.41, 5.74) is 0.862. The monoisotopic (exact) mass is 317 g/mol. The van der Waals surface area contributed by atoms with Crippen molar-refractivity contribution < 1.29 is 14.3 Å². The highest BCUT2D eigenvalue weighted by molar-refractivity contribution is 6.00. The molecule has 0 bridgehead atoms. The van der Waals surface area contributed by atoms with Gasteiger partial charge in [0, 0.05) is 44.8 Å². The molecule has 0 aromatic heterocycles. The van der Waals surface area contributed by atoms with Crippen molar-refractivity contribution in [3.05, 3.63) is 30.3 Å². The Hall–Kier alpha value is -1.92. The normalized spacial score (nSPS) is 22.3. The van der Waals surface area contributed by atoms with Gasteiger partial charge >= 0.3 is 0 Å². The second kappa shape index (κ2) is 7.57. The van der Waals surface area contributed by atoms with E-state index < -0.39 is 0 Å². The molecule has 0 unspecified atom stereocenters. The predicted octanol–water partition coefficient (Wildman–Crippen LogP) is 0.488. The number of anilines is 1. The summed E-state index contributed by atoms with van der Waals surface area (Å²) in [5, 5.41) is 2.96. The van der Waals surface area contributed by atoms with Crippen molar-refractivity contribution in [1.29, 1.82) is 0 Å². The summed E-state index contributed by atoms with van der Waals surface area (Å²) in [5.74, 6) is -0.262. The Kier molecular flexibility index (Phi) is 5.25.